The first-order chi connectivity index (χ1) is 8.20. The third-order valence-electron chi connectivity index (χ3n) is 2.68. The fraction of sp³-hybridized carbons (Fsp3) is 0.571. The number of halogens is 1. The van der Waals surface area contributed by atoms with E-state index >= 15 is 0 Å². The van der Waals surface area contributed by atoms with Crippen molar-refractivity contribution in [2.75, 3.05) is 19.8 Å². The molecule has 1 rings (SSSR count). The van der Waals surface area contributed by atoms with Crippen LogP contribution in [-0.4, -0.2) is 19.8 Å². The van der Waals surface area contributed by atoms with Gasteiger partial charge in [-0.2, -0.15) is 0 Å². The quantitative estimate of drug-likeness (QED) is 0.738. The van der Waals surface area contributed by atoms with Gasteiger partial charge in [-0.1, -0.05) is 32.0 Å². The van der Waals surface area contributed by atoms with Gasteiger partial charge in [-0.3, -0.25) is 0 Å². The molecule has 0 saturated carbocycles. The summed E-state index contributed by atoms with van der Waals surface area (Å²) in [6.45, 7) is 7.90. The molecule has 1 atom stereocenters. The van der Waals surface area contributed by atoms with Gasteiger partial charge in [-0.05, 0) is 25.5 Å². The maximum absolute atomic E-state index is 14.0. The Morgan fingerprint density at radius 3 is 2.76 bits per heavy atom. The first-order valence-corrected chi connectivity index (χ1v) is 6.26. The van der Waals surface area contributed by atoms with E-state index in [2.05, 4.69) is 12.2 Å². The molecule has 0 bridgehead atoms. The molecule has 0 aliphatic heterocycles. The van der Waals surface area contributed by atoms with Crippen molar-refractivity contribution in [1.82, 2.24) is 5.32 Å². The highest BCUT2D eigenvalue weighted by molar-refractivity contribution is 5.27. The van der Waals surface area contributed by atoms with Crippen LogP contribution in [0, 0.1) is 12.7 Å². The Labute approximate surface area is 103 Å². The predicted molar refractivity (Wildman–Crippen MR) is 68.7 cm³/mol. The lowest BCUT2D eigenvalue weighted by Crippen LogP contribution is -2.26. The molecule has 0 amide bonds. The lowest BCUT2D eigenvalue weighted by Gasteiger charge is -2.19. The van der Waals surface area contributed by atoms with E-state index in [4.69, 9.17) is 4.74 Å². The smallest absolute Gasteiger partial charge is 0.130 e. The molecule has 0 radical (unpaired) electrons. The van der Waals surface area contributed by atoms with Gasteiger partial charge in [0, 0.05) is 12.2 Å². The van der Waals surface area contributed by atoms with Crippen molar-refractivity contribution in [3.8, 4) is 0 Å². The normalized spacial score (nSPS) is 12.7. The second-order valence-electron chi connectivity index (χ2n) is 4.16. The lowest BCUT2D eigenvalue weighted by molar-refractivity contribution is 0.111. The van der Waals surface area contributed by atoms with E-state index in [9.17, 15) is 4.39 Å². The Bertz CT molecular complexity index is 341. The minimum Gasteiger partial charge on any atom is -0.379 e. The van der Waals surface area contributed by atoms with Crippen LogP contribution in [-0.2, 0) is 4.74 Å². The van der Waals surface area contributed by atoms with Gasteiger partial charge in [0.1, 0.15) is 5.82 Å². The number of hydrogen-bond donors (Lipinski definition) is 1. The average Bonchev–Trinajstić information content (AvgIpc) is 2.32. The Morgan fingerprint density at radius 1 is 1.35 bits per heavy atom. The van der Waals surface area contributed by atoms with E-state index in [1.165, 1.54) is 0 Å². The Balaban J connectivity index is 2.77. The van der Waals surface area contributed by atoms with Crippen molar-refractivity contribution in [2.45, 2.75) is 33.2 Å². The molecule has 3 heteroatoms. The summed E-state index contributed by atoms with van der Waals surface area (Å²) in [5.41, 5.74) is 1.38. The second-order valence-corrected chi connectivity index (χ2v) is 4.16. The van der Waals surface area contributed by atoms with Crippen molar-refractivity contribution in [3.05, 3.63) is 35.1 Å². The monoisotopic (exact) mass is 239 g/mol. The van der Waals surface area contributed by atoms with Crippen molar-refractivity contribution in [3.63, 3.8) is 0 Å². The molecule has 0 aliphatic carbocycles. The SMILES string of the molecule is CCCOCC(NCC)c1cccc(C)c1F. The molecule has 1 aromatic rings. The van der Waals surface area contributed by atoms with E-state index in [1.54, 1.807) is 13.0 Å². The molecule has 0 saturated heterocycles. The van der Waals surface area contributed by atoms with Gasteiger partial charge in [0.25, 0.3) is 0 Å². The maximum Gasteiger partial charge on any atom is 0.130 e. The van der Waals surface area contributed by atoms with Crippen LogP contribution in [0.1, 0.15) is 37.4 Å². The summed E-state index contributed by atoms with van der Waals surface area (Å²) in [4.78, 5) is 0. The molecule has 1 aromatic carbocycles. The molecule has 0 spiro atoms. The third kappa shape index (κ3) is 4.10. The van der Waals surface area contributed by atoms with Crippen LogP contribution in [0.5, 0.6) is 0 Å². The van der Waals surface area contributed by atoms with Crippen LogP contribution in [0.4, 0.5) is 4.39 Å². The highest BCUT2D eigenvalue weighted by atomic mass is 19.1. The van der Waals surface area contributed by atoms with Crippen molar-refractivity contribution < 1.29 is 9.13 Å². The van der Waals surface area contributed by atoms with E-state index in [1.807, 2.05) is 19.1 Å². The fourth-order valence-corrected chi connectivity index (χ4v) is 1.79. The number of benzene rings is 1. The second kappa shape index (κ2) is 7.41. The van der Waals surface area contributed by atoms with Gasteiger partial charge in [0.2, 0.25) is 0 Å². The molecule has 1 N–H and O–H groups in total. The molecule has 17 heavy (non-hydrogen) atoms. The zero-order valence-corrected chi connectivity index (χ0v) is 10.9. The van der Waals surface area contributed by atoms with Crippen LogP contribution in [0.15, 0.2) is 18.2 Å². The number of hydrogen-bond acceptors (Lipinski definition) is 2. The van der Waals surface area contributed by atoms with Crippen molar-refractivity contribution in [2.24, 2.45) is 0 Å². The molecule has 2 nitrogen and oxygen atoms in total. The highest BCUT2D eigenvalue weighted by Crippen LogP contribution is 2.20. The van der Waals surface area contributed by atoms with Gasteiger partial charge in [-0.15, -0.1) is 0 Å². The van der Waals surface area contributed by atoms with Crippen LogP contribution >= 0.6 is 0 Å². The zero-order valence-electron chi connectivity index (χ0n) is 10.9. The fourth-order valence-electron chi connectivity index (χ4n) is 1.79. The van der Waals surface area contributed by atoms with Gasteiger partial charge in [-0.25, -0.2) is 4.39 Å². The van der Waals surface area contributed by atoms with Crippen molar-refractivity contribution in [1.29, 1.82) is 0 Å². The minimum atomic E-state index is -0.126. The molecule has 0 aliphatic rings. The first kappa shape index (κ1) is 14.1. The van der Waals surface area contributed by atoms with Crippen LogP contribution in [0.3, 0.4) is 0 Å². The number of nitrogens with one attached hydrogen (secondary N) is 1. The summed E-state index contributed by atoms with van der Waals surface area (Å²) in [5.74, 6) is -0.126. The molecule has 1 unspecified atom stereocenters. The van der Waals surface area contributed by atoms with Gasteiger partial charge < -0.3 is 10.1 Å². The largest absolute Gasteiger partial charge is 0.379 e. The topological polar surface area (TPSA) is 21.3 Å². The Morgan fingerprint density at radius 2 is 2.12 bits per heavy atom. The maximum atomic E-state index is 14.0. The van der Waals surface area contributed by atoms with Gasteiger partial charge in [0.05, 0.1) is 12.6 Å². The average molecular weight is 239 g/mol. The Kier molecular flexibility index (Phi) is 6.16. The van der Waals surface area contributed by atoms with Crippen LogP contribution in [0.2, 0.25) is 0 Å². The van der Waals surface area contributed by atoms with E-state index in [0.717, 1.165) is 19.6 Å². The predicted octanol–water partition coefficient (Wildman–Crippen LogP) is 3.21. The minimum absolute atomic E-state index is 0.0635. The summed E-state index contributed by atoms with van der Waals surface area (Å²) < 4.78 is 19.5. The molecular weight excluding hydrogens is 217 g/mol. The van der Waals surface area contributed by atoms with E-state index in [0.29, 0.717) is 17.7 Å². The molecule has 0 heterocycles. The number of aryl methyl sites for hydroxylation is 1. The van der Waals surface area contributed by atoms with Gasteiger partial charge >= 0.3 is 0 Å². The lowest BCUT2D eigenvalue weighted by atomic mass is 10.0. The molecular formula is C14H22FNO. The third-order valence-corrected chi connectivity index (χ3v) is 2.68. The van der Waals surface area contributed by atoms with E-state index < -0.39 is 0 Å². The highest BCUT2D eigenvalue weighted by Gasteiger charge is 2.15. The summed E-state index contributed by atoms with van der Waals surface area (Å²) >= 11 is 0. The van der Waals surface area contributed by atoms with E-state index in [-0.39, 0.29) is 11.9 Å². The summed E-state index contributed by atoms with van der Waals surface area (Å²) in [7, 11) is 0. The first-order valence-electron chi connectivity index (χ1n) is 6.26. The summed E-state index contributed by atoms with van der Waals surface area (Å²) in [5, 5.41) is 3.26. The standard InChI is InChI=1S/C14H22FNO/c1-4-9-17-10-13(16-5-2)12-8-6-7-11(3)14(12)15/h6-8,13,16H,4-5,9-10H2,1-3H3. The number of likely N-dealkylation sites (N-methyl/N-ethyl adjacent to an activating group) is 1. The molecule has 0 aromatic heterocycles. The Hall–Kier alpha value is -0.930. The molecule has 96 valence electrons. The summed E-state index contributed by atoms with van der Waals surface area (Å²) in [6.07, 6.45) is 0.981. The number of rotatable bonds is 7. The number of ether oxygens (including phenoxy) is 1. The van der Waals surface area contributed by atoms with Crippen LogP contribution in [0.25, 0.3) is 0 Å². The van der Waals surface area contributed by atoms with Crippen molar-refractivity contribution >= 4 is 0 Å². The van der Waals surface area contributed by atoms with Crippen LogP contribution < -0.4 is 5.32 Å². The molecule has 0 fully saturated rings. The summed E-state index contributed by atoms with van der Waals surface area (Å²) in [6, 6.07) is 5.43. The van der Waals surface area contributed by atoms with Gasteiger partial charge in [0.15, 0.2) is 0 Å². The zero-order chi connectivity index (χ0) is 12.7.